The monoisotopic (exact) mass is 278 g/mol. The minimum absolute atomic E-state index is 0.0973. The molecule has 6 nitrogen and oxygen atoms in total. The van der Waals surface area contributed by atoms with Gasteiger partial charge in [0.05, 0.1) is 0 Å². The first kappa shape index (κ1) is 14.3. The second kappa shape index (κ2) is 6.36. The van der Waals surface area contributed by atoms with E-state index in [9.17, 15) is 14.4 Å². The molecule has 108 valence electrons. The zero-order chi connectivity index (χ0) is 14.5. The number of pyridine rings is 1. The molecule has 0 bridgehead atoms. The van der Waals surface area contributed by atoms with Crippen molar-refractivity contribution in [3.63, 3.8) is 0 Å². The summed E-state index contributed by atoms with van der Waals surface area (Å²) < 4.78 is 1.16. The lowest BCUT2D eigenvalue weighted by Crippen LogP contribution is -2.37. The van der Waals surface area contributed by atoms with Gasteiger partial charge in [0.2, 0.25) is 5.91 Å². The van der Waals surface area contributed by atoms with E-state index in [0.29, 0.717) is 13.1 Å². The Bertz CT molecular complexity index is 557. The van der Waals surface area contributed by atoms with Gasteiger partial charge < -0.3 is 14.6 Å². The topological polar surface area (TPSA) is 79.6 Å². The number of carbonyl (C=O) groups excluding carboxylic acids is 1. The van der Waals surface area contributed by atoms with Crippen molar-refractivity contribution in [2.75, 3.05) is 13.1 Å². The van der Waals surface area contributed by atoms with Crippen LogP contribution in [0.5, 0.6) is 0 Å². The van der Waals surface area contributed by atoms with Crippen molar-refractivity contribution in [1.82, 2.24) is 9.47 Å². The van der Waals surface area contributed by atoms with Crippen molar-refractivity contribution < 1.29 is 14.7 Å². The lowest BCUT2D eigenvalue weighted by Gasteiger charge is -2.20. The second-order valence-electron chi connectivity index (χ2n) is 4.96. The molecule has 0 unspecified atom stereocenters. The van der Waals surface area contributed by atoms with Crippen molar-refractivity contribution in [3.8, 4) is 0 Å². The van der Waals surface area contributed by atoms with Crippen molar-refractivity contribution in [2.45, 2.75) is 32.2 Å². The number of carbonyl (C=O) groups is 2. The molecule has 1 aromatic heterocycles. The molecular formula is C14H18N2O4. The van der Waals surface area contributed by atoms with Crippen LogP contribution in [-0.4, -0.2) is 39.5 Å². The number of carboxylic acids is 1. The molecule has 1 amide bonds. The Morgan fingerprint density at radius 2 is 1.80 bits per heavy atom. The van der Waals surface area contributed by atoms with Crippen LogP contribution in [-0.2, 0) is 11.3 Å². The van der Waals surface area contributed by atoms with Gasteiger partial charge in [0.15, 0.2) is 0 Å². The lowest BCUT2D eigenvalue weighted by atomic mass is 10.2. The first-order chi connectivity index (χ1) is 9.59. The van der Waals surface area contributed by atoms with Crippen LogP contribution in [0.1, 0.15) is 36.0 Å². The van der Waals surface area contributed by atoms with Crippen LogP contribution in [0.3, 0.4) is 0 Å². The van der Waals surface area contributed by atoms with Crippen LogP contribution in [0.15, 0.2) is 23.1 Å². The van der Waals surface area contributed by atoms with E-state index in [4.69, 9.17) is 5.11 Å². The van der Waals surface area contributed by atoms with Gasteiger partial charge in [0.25, 0.3) is 5.56 Å². The predicted molar refractivity (Wildman–Crippen MR) is 72.7 cm³/mol. The normalized spacial score (nSPS) is 15.7. The first-order valence-electron chi connectivity index (χ1n) is 6.80. The quantitative estimate of drug-likeness (QED) is 0.892. The molecule has 1 aromatic rings. The highest BCUT2D eigenvalue weighted by atomic mass is 16.4. The van der Waals surface area contributed by atoms with Crippen molar-refractivity contribution >= 4 is 11.9 Å². The highest BCUT2D eigenvalue weighted by molar-refractivity contribution is 5.87. The van der Waals surface area contributed by atoms with Crippen LogP contribution in [0, 0.1) is 0 Å². The van der Waals surface area contributed by atoms with Gasteiger partial charge in [-0.1, -0.05) is 12.8 Å². The smallest absolute Gasteiger partial charge is 0.341 e. The first-order valence-corrected chi connectivity index (χ1v) is 6.80. The zero-order valence-corrected chi connectivity index (χ0v) is 11.2. The van der Waals surface area contributed by atoms with Crippen LogP contribution in [0.25, 0.3) is 0 Å². The van der Waals surface area contributed by atoms with E-state index in [2.05, 4.69) is 0 Å². The van der Waals surface area contributed by atoms with Gasteiger partial charge in [0, 0.05) is 19.3 Å². The molecule has 1 N–H and O–H groups in total. The van der Waals surface area contributed by atoms with Gasteiger partial charge in [-0.25, -0.2) is 4.79 Å². The average molecular weight is 278 g/mol. The maximum Gasteiger partial charge on any atom is 0.341 e. The van der Waals surface area contributed by atoms with Crippen molar-refractivity contribution in [1.29, 1.82) is 0 Å². The third kappa shape index (κ3) is 3.26. The molecule has 1 aliphatic rings. The predicted octanol–water partition coefficient (Wildman–Crippen LogP) is 0.949. The van der Waals surface area contributed by atoms with Gasteiger partial charge in [0.1, 0.15) is 12.1 Å². The van der Waals surface area contributed by atoms with Crippen LogP contribution >= 0.6 is 0 Å². The average Bonchev–Trinajstić information content (AvgIpc) is 2.69. The highest BCUT2D eigenvalue weighted by Gasteiger charge is 2.17. The summed E-state index contributed by atoms with van der Waals surface area (Å²) in [6.07, 6.45) is 5.66. The van der Waals surface area contributed by atoms with E-state index < -0.39 is 11.5 Å². The van der Waals surface area contributed by atoms with E-state index in [-0.39, 0.29) is 18.0 Å². The number of aromatic carboxylic acids is 1. The third-order valence-corrected chi connectivity index (χ3v) is 3.51. The van der Waals surface area contributed by atoms with E-state index in [1.807, 2.05) is 0 Å². The van der Waals surface area contributed by atoms with Crippen LogP contribution in [0.2, 0.25) is 0 Å². The molecule has 0 spiro atoms. The summed E-state index contributed by atoms with van der Waals surface area (Å²) in [4.78, 5) is 36.7. The summed E-state index contributed by atoms with van der Waals surface area (Å²) in [7, 11) is 0. The standard InChI is InChI=1S/C14H18N2O4/c17-12(15-7-3-1-2-4-8-15)10-16-9-5-6-11(13(16)18)14(19)20/h5-6,9H,1-4,7-8,10H2,(H,19,20). The molecule has 0 saturated carbocycles. The zero-order valence-electron chi connectivity index (χ0n) is 11.2. The Morgan fingerprint density at radius 3 is 2.40 bits per heavy atom. The molecule has 0 radical (unpaired) electrons. The maximum atomic E-state index is 12.2. The summed E-state index contributed by atoms with van der Waals surface area (Å²) in [6.45, 7) is 1.33. The number of carboxylic acid groups (broad SMARTS) is 1. The summed E-state index contributed by atoms with van der Waals surface area (Å²) in [5.41, 5.74) is -0.945. The number of nitrogens with zero attached hydrogens (tertiary/aromatic N) is 2. The van der Waals surface area contributed by atoms with Gasteiger partial charge in [-0.3, -0.25) is 9.59 Å². The SMILES string of the molecule is O=C(O)c1cccn(CC(=O)N2CCCCCC2)c1=O. The number of amides is 1. The molecule has 6 heteroatoms. The largest absolute Gasteiger partial charge is 0.477 e. The van der Waals surface area contributed by atoms with Crippen LogP contribution < -0.4 is 5.56 Å². The minimum atomic E-state index is -1.27. The summed E-state index contributed by atoms with van der Waals surface area (Å²) in [5, 5.41) is 8.90. The van der Waals surface area contributed by atoms with E-state index in [0.717, 1.165) is 30.3 Å². The Hall–Kier alpha value is -2.11. The van der Waals surface area contributed by atoms with Gasteiger partial charge in [-0.2, -0.15) is 0 Å². The maximum absolute atomic E-state index is 12.2. The lowest BCUT2D eigenvalue weighted by molar-refractivity contribution is -0.131. The molecule has 2 heterocycles. The van der Waals surface area contributed by atoms with Crippen LogP contribution in [0.4, 0.5) is 0 Å². The van der Waals surface area contributed by atoms with E-state index >= 15 is 0 Å². The van der Waals surface area contributed by atoms with E-state index in [1.165, 1.54) is 18.3 Å². The molecule has 1 saturated heterocycles. The number of aromatic nitrogens is 1. The molecule has 0 aromatic carbocycles. The Balaban J connectivity index is 2.13. The van der Waals surface area contributed by atoms with E-state index in [1.54, 1.807) is 4.90 Å². The summed E-state index contributed by atoms with van der Waals surface area (Å²) >= 11 is 0. The molecule has 0 atom stereocenters. The molecule has 0 aliphatic carbocycles. The molecule has 1 fully saturated rings. The third-order valence-electron chi connectivity index (χ3n) is 3.51. The fraction of sp³-hybridized carbons (Fsp3) is 0.500. The number of hydrogen-bond acceptors (Lipinski definition) is 3. The molecule has 20 heavy (non-hydrogen) atoms. The number of likely N-dealkylation sites (tertiary alicyclic amines) is 1. The minimum Gasteiger partial charge on any atom is -0.477 e. The van der Waals surface area contributed by atoms with Gasteiger partial charge in [-0.15, -0.1) is 0 Å². The fourth-order valence-electron chi connectivity index (χ4n) is 2.39. The van der Waals surface area contributed by atoms with Crippen molar-refractivity contribution in [3.05, 3.63) is 34.2 Å². The Labute approximate surface area is 116 Å². The molecule has 2 rings (SSSR count). The fourth-order valence-corrected chi connectivity index (χ4v) is 2.39. The molecular weight excluding hydrogens is 260 g/mol. The Morgan fingerprint density at radius 1 is 1.15 bits per heavy atom. The van der Waals surface area contributed by atoms with Crippen molar-refractivity contribution in [2.24, 2.45) is 0 Å². The summed E-state index contributed by atoms with van der Waals surface area (Å²) in [6, 6.07) is 2.72. The number of hydrogen-bond donors (Lipinski definition) is 1. The van der Waals surface area contributed by atoms with Gasteiger partial charge >= 0.3 is 5.97 Å². The number of rotatable bonds is 3. The Kier molecular flexibility index (Phi) is 4.55. The van der Waals surface area contributed by atoms with Gasteiger partial charge in [-0.05, 0) is 25.0 Å². The second-order valence-corrected chi connectivity index (χ2v) is 4.96. The molecule has 1 aliphatic heterocycles. The summed E-state index contributed by atoms with van der Waals surface area (Å²) in [5.74, 6) is -1.40. The highest BCUT2D eigenvalue weighted by Crippen LogP contribution is 2.10.